The summed E-state index contributed by atoms with van der Waals surface area (Å²) in [6, 6.07) is 9.66. The van der Waals surface area contributed by atoms with Crippen molar-refractivity contribution < 1.29 is 9.21 Å². The zero-order chi connectivity index (χ0) is 22.7. The number of rotatable bonds is 7. The molecule has 0 bridgehead atoms. The maximum atomic E-state index is 12.7. The Morgan fingerprint density at radius 3 is 2.84 bits per heavy atom. The molecule has 1 atom stereocenters. The minimum atomic E-state index is -0.391. The first-order valence-electron chi connectivity index (χ1n) is 9.94. The second kappa shape index (κ2) is 9.23. The summed E-state index contributed by atoms with van der Waals surface area (Å²) in [4.78, 5) is 27.0. The fourth-order valence-corrected chi connectivity index (χ4v) is 3.58. The molecular formula is C22H23N7O2S. The summed E-state index contributed by atoms with van der Waals surface area (Å²) in [7, 11) is 1.82. The third-order valence-electron chi connectivity index (χ3n) is 4.91. The van der Waals surface area contributed by atoms with Crippen LogP contribution >= 0.6 is 11.8 Å². The second-order valence-electron chi connectivity index (χ2n) is 7.20. The second-order valence-corrected chi connectivity index (χ2v) is 8.08. The van der Waals surface area contributed by atoms with E-state index >= 15 is 0 Å². The largest absolute Gasteiger partial charge is 0.440 e. The number of hydrogen-bond acceptors (Lipinski definition) is 8. The van der Waals surface area contributed by atoms with Gasteiger partial charge in [0.05, 0.1) is 12.2 Å². The molecule has 1 amide bonds. The van der Waals surface area contributed by atoms with Crippen LogP contribution in [-0.4, -0.2) is 36.9 Å². The van der Waals surface area contributed by atoms with E-state index in [0.29, 0.717) is 17.3 Å². The van der Waals surface area contributed by atoms with E-state index in [9.17, 15) is 4.79 Å². The molecule has 2 N–H and O–H groups in total. The molecule has 32 heavy (non-hydrogen) atoms. The van der Waals surface area contributed by atoms with Crippen molar-refractivity contribution in [1.82, 2.24) is 30.0 Å². The Kier molecular flexibility index (Phi) is 6.22. The third-order valence-corrected chi connectivity index (χ3v) is 5.64. The van der Waals surface area contributed by atoms with E-state index in [1.54, 1.807) is 28.8 Å². The molecule has 9 nitrogen and oxygen atoms in total. The average Bonchev–Trinajstić information content (AvgIpc) is 3.44. The average molecular weight is 450 g/mol. The lowest BCUT2D eigenvalue weighted by Crippen LogP contribution is -2.26. The molecule has 0 aliphatic carbocycles. The lowest BCUT2D eigenvalue weighted by molar-refractivity contribution is 0.0905. The molecule has 0 radical (unpaired) electrons. The molecule has 3 aromatic heterocycles. The van der Waals surface area contributed by atoms with E-state index in [-0.39, 0.29) is 11.9 Å². The van der Waals surface area contributed by atoms with Crippen LogP contribution in [0.15, 0.2) is 58.3 Å². The van der Waals surface area contributed by atoms with Crippen molar-refractivity contribution >= 4 is 29.4 Å². The van der Waals surface area contributed by atoms with E-state index in [4.69, 9.17) is 4.42 Å². The highest BCUT2D eigenvalue weighted by Crippen LogP contribution is 2.24. The lowest BCUT2D eigenvalue weighted by Gasteiger charge is -2.13. The Balaban J connectivity index is 1.51. The predicted octanol–water partition coefficient (Wildman–Crippen LogP) is 4.13. The molecule has 0 saturated carbocycles. The van der Waals surface area contributed by atoms with Gasteiger partial charge in [0, 0.05) is 24.2 Å². The Labute approximate surface area is 189 Å². The smallest absolute Gasteiger partial charge is 0.307 e. The van der Waals surface area contributed by atoms with Crippen molar-refractivity contribution in [3.63, 3.8) is 0 Å². The first-order chi connectivity index (χ1) is 15.4. The van der Waals surface area contributed by atoms with E-state index in [2.05, 4.69) is 36.8 Å². The first kappa shape index (κ1) is 21.6. The zero-order valence-corrected chi connectivity index (χ0v) is 19.0. The number of nitrogens with zero attached hydrogens (tertiary/aromatic N) is 5. The molecule has 10 heteroatoms. The van der Waals surface area contributed by atoms with Crippen molar-refractivity contribution in [3.05, 3.63) is 66.0 Å². The van der Waals surface area contributed by atoms with Gasteiger partial charge in [0.15, 0.2) is 0 Å². The molecule has 164 valence electrons. The highest BCUT2D eigenvalue weighted by molar-refractivity contribution is 7.98. The van der Waals surface area contributed by atoms with Gasteiger partial charge in [-0.15, -0.1) is 11.8 Å². The van der Waals surface area contributed by atoms with Crippen molar-refractivity contribution in [2.75, 3.05) is 11.6 Å². The molecule has 4 rings (SSSR count). The molecular weight excluding hydrogens is 426 g/mol. The highest BCUT2D eigenvalue weighted by atomic mass is 32.2. The normalized spacial score (nSPS) is 11.9. The van der Waals surface area contributed by atoms with Gasteiger partial charge in [0.1, 0.15) is 23.5 Å². The standard InChI is InChI=1S/C22H23N7O2S/c1-13-11-23-22(27-18-8-9-24-29(18)3)28-19(13)17-12-31-21(26-17)20(30)25-14(2)15-6-5-7-16(10-15)32-4/h5-12,14H,1-4H3,(H,25,30)(H,23,27,28). The molecule has 0 saturated heterocycles. The van der Waals surface area contributed by atoms with Crippen molar-refractivity contribution in [2.24, 2.45) is 7.05 Å². The minimum absolute atomic E-state index is 0.0213. The Morgan fingerprint density at radius 1 is 1.25 bits per heavy atom. The maximum absolute atomic E-state index is 12.7. The van der Waals surface area contributed by atoms with Gasteiger partial charge >= 0.3 is 5.91 Å². The quantitative estimate of drug-likeness (QED) is 0.405. The molecule has 0 fully saturated rings. The summed E-state index contributed by atoms with van der Waals surface area (Å²) in [5.74, 6) is 0.732. The number of thioether (sulfide) groups is 1. The number of hydrogen-bond donors (Lipinski definition) is 2. The van der Waals surface area contributed by atoms with Crippen molar-refractivity contribution in [2.45, 2.75) is 24.8 Å². The van der Waals surface area contributed by atoms with E-state index in [1.807, 2.05) is 51.4 Å². The number of aryl methyl sites for hydroxylation is 2. The number of nitrogens with one attached hydrogen (secondary N) is 2. The fraction of sp³-hybridized carbons (Fsp3) is 0.227. The zero-order valence-electron chi connectivity index (χ0n) is 18.2. The SMILES string of the molecule is CSc1cccc(C(C)NC(=O)c2nc(-c3nc(Nc4ccnn4C)ncc3C)co2)c1. The molecule has 0 aliphatic heterocycles. The van der Waals surface area contributed by atoms with Gasteiger partial charge in [0.2, 0.25) is 5.95 Å². The van der Waals surface area contributed by atoms with Gasteiger partial charge in [-0.25, -0.2) is 15.0 Å². The van der Waals surface area contributed by atoms with Crippen LogP contribution in [0.5, 0.6) is 0 Å². The van der Waals surface area contributed by atoms with Gasteiger partial charge in [0.25, 0.3) is 5.89 Å². The molecule has 1 unspecified atom stereocenters. The van der Waals surface area contributed by atoms with Crippen LogP contribution < -0.4 is 10.6 Å². The van der Waals surface area contributed by atoms with Crippen LogP contribution in [0.1, 0.15) is 34.8 Å². The Hall–Kier alpha value is -3.66. The van der Waals surface area contributed by atoms with E-state index in [1.165, 1.54) is 6.26 Å². The summed E-state index contributed by atoms with van der Waals surface area (Å²) in [6.45, 7) is 3.80. The summed E-state index contributed by atoms with van der Waals surface area (Å²) >= 11 is 1.66. The molecule has 1 aromatic carbocycles. The molecule has 0 spiro atoms. The van der Waals surface area contributed by atoms with Gasteiger partial charge in [-0.1, -0.05) is 12.1 Å². The van der Waals surface area contributed by atoms with Crippen molar-refractivity contribution in [1.29, 1.82) is 0 Å². The van der Waals surface area contributed by atoms with Gasteiger partial charge in [-0.05, 0) is 43.4 Å². The topological polar surface area (TPSA) is 111 Å². The molecule has 0 aliphatic rings. The number of carbonyl (C=O) groups is 1. The fourth-order valence-electron chi connectivity index (χ4n) is 3.11. The summed E-state index contributed by atoms with van der Waals surface area (Å²) in [5, 5.41) is 10.2. The van der Waals surface area contributed by atoms with Crippen LogP contribution in [0.25, 0.3) is 11.4 Å². The monoisotopic (exact) mass is 449 g/mol. The van der Waals surface area contributed by atoms with Crippen LogP contribution in [0, 0.1) is 6.92 Å². The van der Waals surface area contributed by atoms with Crippen molar-refractivity contribution in [3.8, 4) is 11.4 Å². The number of anilines is 2. The van der Waals surface area contributed by atoms with E-state index < -0.39 is 5.91 Å². The Bertz CT molecular complexity index is 1250. The lowest BCUT2D eigenvalue weighted by atomic mass is 10.1. The van der Waals surface area contributed by atoms with Crippen LogP contribution in [0.2, 0.25) is 0 Å². The number of oxazole rings is 1. The highest BCUT2D eigenvalue weighted by Gasteiger charge is 2.19. The predicted molar refractivity (Wildman–Crippen MR) is 123 cm³/mol. The van der Waals surface area contributed by atoms with Crippen LogP contribution in [-0.2, 0) is 7.05 Å². The first-order valence-corrected chi connectivity index (χ1v) is 11.2. The molecule has 3 heterocycles. The van der Waals surface area contributed by atoms with Gasteiger partial charge in [-0.3, -0.25) is 9.48 Å². The van der Waals surface area contributed by atoms with Crippen LogP contribution in [0.4, 0.5) is 11.8 Å². The number of amides is 1. The number of carbonyl (C=O) groups excluding carboxylic acids is 1. The van der Waals surface area contributed by atoms with Gasteiger partial charge < -0.3 is 15.1 Å². The Morgan fingerprint density at radius 2 is 2.09 bits per heavy atom. The summed E-state index contributed by atoms with van der Waals surface area (Å²) < 4.78 is 7.14. The number of aromatic nitrogens is 5. The van der Waals surface area contributed by atoms with Gasteiger partial charge in [-0.2, -0.15) is 5.10 Å². The summed E-state index contributed by atoms with van der Waals surface area (Å²) in [6.07, 6.45) is 6.81. The molecule has 4 aromatic rings. The summed E-state index contributed by atoms with van der Waals surface area (Å²) in [5.41, 5.74) is 2.85. The minimum Gasteiger partial charge on any atom is -0.440 e. The van der Waals surface area contributed by atoms with E-state index in [0.717, 1.165) is 21.8 Å². The number of benzene rings is 1. The maximum Gasteiger partial charge on any atom is 0.307 e. The van der Waals surface area contributed by atoms with Crippen LogP contribution in [0.3, 0.4) is 0 Å². The third kappa shape index (κ3) is 4.65.